The maximum absolute atomic E-state index is 13.7. The molecule has 10 heteroatoms. The first-order chi connectivity index (χ1) is 15.1. The highest BCUT2D eigenvalue weighted by Gasteiger charge is 2.50. The highest BCUT2D eigenvalue weighted by molar-refractivity contribution is 5.84. The largest absolute Gasteiger partial charge is 0.618 e. The van der Waals surface area contributed by atoms with Gasteiger partial charge in [-0.2, -0.15) is 17.9 Å². The van der Waals surface area contributed by atoms with Crippen molar-refractivity contribution in [2.45, 2.75) is 84.7 Å². The average molecular weight is 472 g/mol. The molecule has 2 amide bonds. The first kappa shape index (κ1) is 25.1. The second kappa shape index (κ2) is 8.68. The number of pyridine rings is 1. The molecule has 184 valence electrons. The predicted molar refractivity (Wildman–Crippen MR) is 114 cm³/mol. The number of ether oxygens (including phenoxy) is 1. The van der Waals surface area contributed by atoms with Crippen molar-refractivity contribution in [1.29, 1.82) is 0 Å². The topological polar surface area (TPSA) is 85.6 Å². The third-order valence-corrected chi connectivity index (χ3v) is 6.62. The lowest BCUT2D eigenvalue weighted by Crippen LogP contribution is -2.50. The van der Waals surface area contributed by atoms with E-state index in [-0.39, 0.29) is 53.4 Å². The van der Waals surface area contributed by atoms with Crippen LogP contribution in [0.15, 0.2) is 12.3 Å². The summed E-state index contributed by atoms with van der Waals surface area (Å²) in [4.78, 5) is 27.4. The summed E-state index contributed by atoms with van der Waals surface area (Å²) in [6, 6.07) is 0.733. The first-order valence-corrected chi connectivity index (χ1v) is 11.2. The van der Waals surface area contributed by atoms with E-state index in [0.29, 0.717) is 25.5 Å². The summed E-state index contributed by atoms with van der Waals surface area (Å²) in [6.45, 7) is 9.42. The normalized spacial score (nSPS) is 23.4. The maximum atomic E-state index is 13.7. The second-order valence-corrected chi connectivity index (χ2v) is 10.4. The van der Waals surface area contributed by atoms with E-state index < -0.39 is 28.8 Å². The minimum atomic E-state index is -4.64. The number of aromatic nitrogens is 1. The number of carbonyl (C=O) groups excluding carboxylic acids is 2. The average Bonchev–Trinajstić information content (AvgIpc) is 3.09. The van der Waals surface area contributed by atoms with Gasteiger partial charge >= 0.3 is 12.3 Å². The lowest BCUT2D eigenvalue weighted by molar-refractivity contribution is -0.616. The van der Waals surface area contributed by atoms with Crippen molar-refractivity contribution in [3.63, 3.8) is 0 Å². The van der Waals surface area contributed by atoms with Gasteiger partial charge in [0.2, 0.25) is 5.91 Å². The predicted octanol–water partition coefficient (Wildman–Crippen LogP) is 3.94. The van der Waals surface area contributed by atoms with Crippen LogP contribution in [0.5, 0.6) is 0 Å². The number of carbonyl (C=O) groups is 2. The molecule has 0 saturated heterocycles. The van der Waals surface area contributed by atoms with E-state index in [9.17, 15) is 28.0 Å². The van der Waals surface area contributed by atoms with Crippen molar-refractivity contribution in [2.75, 3.05) is 6.54 Å². The molecule has 3 rings (SSSR count). The molecule has 0 bridgehead atoms. The minimum Gasteiger partial charge on any atom is -0.618 e. The zero-order chi connectivity index (χ0) is 24.8. The minimum absolute atomic E-state index is 0.0391. The molecule has 1 N–H and O–H groups in total. The quantitative estimate of drug-likeness (QED) is 0.535. The van der Waals surface area contributed by atoms with Crippen molar-refractivity contribution >= 4 is 12.0 Å². The van der Waals surface area contributed by atoms with E-state index in [2.05, 4.69) is 5.32 Å². The van der Waals surface area contributed by atoms with E-state index in [1.807, 2.05) is 13.8 Å². The van der Waals surface area contributed by atoms with Gasteiger partial charge in [-0.3, -0.25) is 4.79 Å². The third-order valence-electron chi connectivity index (χ3n) is 6.62. The number of halogens is 3. The van der Waals surface area contributed by atoms with Crippen LogP contribution < -0.4 is 10.0 Å². The van der Waals surface area contributed by atoms with Gasteiger partial charge in [0, 0.05) is 18.2 Å². The third kappa shape index (κ3) is 5.35. The van der Waals surface area contributed by atoms with Crippen molar-refractivity contribution < 1.29 is 32.2 Å². The molecular formula is C23H32F3N3O4. The Hall–Kier alpha value is -2.52. The smallest absolute Gasteiger partial charge is 0.422 e. The number of amides is 2. The van der Waals surface area contributed by atoms with Gasteiger partial charge in [-0.1, -0.05) is 13.8 Å². The molecule has 2 heterocycles. The first-order valence-electron chi connectivity index (χ1n) is 11.2. The van der Waals surface area contributed by atoms with Crippen LogP contribution in [-0.4, -0.2) is 35.1 Å². The molecule has 1 aromatic rings. The van der Waals surface area contributed by atoms with E-state index in [1.54, 1.807) is 25.7 Å². The summed E-state index contributed by atoms with van der Waals surface area (Å²) in [7, 11) is 0. The highest BCUT2D eigenvalue weighted by atomic mass is 19.4. The Morgan fingerprint density at radius 3 is 2.55 bits per heavy atom. The van der Waals surface area contributed by atoms with Gasteiger partial charge in [0.1, 0.15) is 11.2 Å². The second-order valence-electron chi connectivity index (χ2n) is 10.4. The van der Waals surface area contributed by atoms with Crippen LogP contribution in [0.4, 0.5) is 18.0 Å². The van der Waals surface area contributed by atoms with Gasteiger partial charge in [0.25, 0.3) is 0 Å². The van der Waals surface area contributed by atoms with Gasteiger partial charge in [-0.25, -0.2) is 4.79 Å². The molecule has 1 fully saturated rings. The van der Waals surface area contributed by atoms with Gasteiger partial charge in [0.15, 0.2) is 11.9 Å². The van der Waals surface area contributed by atoms with E-state index >= 15 is 0 Å². The molecule has 1 saturated carbocycles. The number of rotatable bonds is 3. The van der Waals surface area contributed by atoms with Crippen LogP contribution in [0.25, 0.3) is 0 Å². The summed E-state index contributed by atoms with van der Waals surface area (Å²) >= 11 is 0. The molecule has 2 atom stereocenters. The monoisotopic (exact) mass is 471 g/mol. The van der Waals surface area contributed by atoms with Gasteiger partial charge in [0.05, 0.1) is 18.4 Å². The molecular weight excluding hydrogens is 439 g/mol. The van der Waals surface area contributed by atoms with Gasteiger partial charge < -0.3 is 20.2 Å². The van der Waals surface area contributed by atoms with Crippen LogP contribution in [0.1, 0.15) is 70.7 Å². The standard InChI is InChI=1S/C23H32F3N3O4/c1-14(2)22(8-6-17(11-22)27-20(31)33-21(3,4)5)19(30)28-9-7-18-15(12-28)10-16(13-29(18)32)23(24,25)26/h10,13-14,17H,6-9,11-12H2,1-5H3,(H,27,31)/t17-,22+/m1/s1. The maximum Gasteiger partial charge on any atom is 0.422 e. The molecule has 1 aliphatic heterocycles. The Morgan fingerprint density at radius 1 is 1.30 bits per heavy atom. The summed E-state index contributed by atoms with van der Waals surface area (Å²) < 4.78 is 45.1. The molecule has 7 nitrogen and oxygen atoms in total. The summed E-state index contributed by atoms with van der Waals surface area (Å²) in [5.74, 6) is -0.186. The van der Waals surface area contributed by atoms with Crippen LogP contribution in [0.2, 0.25) is 0 Å². The van der Waals surface area contributed by atoms with Crippen molar-refractivity contribution in [3.05, 3.63) is 34.3 Å². The lowest BCUT2D eigenvalue weighted by atomic mass is 9.74. The summed E-state index contributed by atoms with van der Waals surface area (Å²) in [5.41, 5.74) is -1.91. The van der Waals surface area contributed by atoms with Crippen LogP contribution in [0, 0.1) is 16.5 Å². The number of nitrogens with zero attached hydrogens (tertiary/aromatic N) is 2. The summed E-state index contributed by atoms with van der Waals surface area (Å²) in [5, 5.41) is 15.0. The van der Waals surface area contributed by atoms with Crippen molar-refractivity contribution in [1.82, 2.24) is 10.2 Å². The number of hydrogen-bond acceptors (Lipinski definition) is 4. The van der Waals surface area contributed by atoms with E-state index in [4.69, 9.17) is 4.74 Å². The Labute approximate surface area is 191 Å². The van der Waals surface area contributed by atoms with Gasteiger partial charge in [-0.15, -0.1) is 0 Å². The van der Waals surface area contributed by atoms with Crippen LogP contribution in [0.3, 0.4) is 0 Å². The lowest BCUT2D eigenvalue weighted by Gasteiger charge is -2.39. The van der Waals surface area contributed by atoms with Crippen molar-refractivity contribution in [2.24, 2.45) is 11.3 Å². The van der Waals surface area contributed by atoms with Gasteiger partial charge in [-0.05, 0) is 52.0 Å². The number of alkyl halides is 3. The molecule has 0 aromatic carbocycles. The Kier molecular flexibility index (Phi) is 6.61. The fraction of sp³-hybridized carbons (Fsp3) is 0.696. The molecule has 0 unspecified atom stereocenters. The molecule has 1 aliphatic carbocycles. The van der Waals surface area contributed by atoms with Crippen LogP contribution in [-0.2, 0) is 28.7 Å². The van der Waals surface area contributed by atoms with Crippen LogP contribution >= 0.6 is 0 Å². The number of fused-ring (bicyclic) bond motifs is 1. The van der Waals surface area contributed by atoms with Crippen molar-refractivity contribution in [3.8, 4) is 0 Å². The Balaban J connectivity index is 1.78. The zero-order valence-corrected chi connectivity index (χ0v) is 19.7. The number of hydrogen-bond donors (Lipinski definition) is 1. The molecule has 0 spiro atoms. The SMILES string of the molecule is CC(C)[C@]1(C(=O)N2CCc3c(cc(C(F)(F)F)c[n+]3[O-])C2)CC[C@@H](NC(=O)OC(C)(C)C)C1. The molecule has 0 radical (unpaired) electrons. The molecule has 2 aliphatic rings. The zero-order valence-electron chi connectivity index (χ0n) is 19.7. The summed E-state index contributed by atoms with van der Waals surface area (Å²) in [6.07, 6.45) is -2.85. The molecule has 33 heavy (non-hydrogen) atoms. The Morgan fingerprint density at radius 2 is 1.97 bits per heavy atom. The fourth-order valence-corrected chi connectivity index (χ4v) is 4.87. The number of alkyl carbamates (subject to hydrolysis) is 1. The molecule has 1 aromatic heterocycles. The fourth-order valence-electron chi connectivity index (χ4n) is 4.87. The van der Waals surface area contributed by atoms with E-state index in [0.717, 1.165) is 6.07 Å². The number of nitrogens with one attached hydrogen (secondary N) is 1. The Bertz CT molecular complexity index is 927. The highest BCUT2D eigenvalue weighted by Crippen LogP contribution is 2.46. The van der Waals surface area contributed by atoms with E-state index in [1.165, 1.54) is 0 Å².